The monoisotopic (exact) mass is 421 g/mol. The summed E-state index contributed by atoms with van der Waals surface area (Å²) in [5, 5.41) is 7.36. The first-order chi connectivity index (χ1) is 12.6. The minimum absolute atomic E-state index is 0.0757. The van der Waals surface area contributed by atoms with Crippen LogP contribution in [0.5, 0.6) is 0 Å². The lowest BCUT2D eigenvalue weighted by Gasteiger charge is -2.43. The fraction of sp³-hybridized carbons (Fsp3) is 0.417. The third kappa shape index (κ3) is 4.50. The molecular formula is C12H15N5O8S2. The largest absolute Gasteiger partial charge is 0.464 e. The van der Waals surface area contributed by atoms with E-state index in [1.165, 1.54) is 12.5 Å². The molecule has 4 N–H and O–H groups in total. The molecule has 0 bridgehead atoms. The Balaban J connectivity index is 2.22. The van der Waals surface area contributed by atoms with E-state index in [0.29, 0.717) is 0 Å². The molecule has 1 aromatic heterocycles. The summed E-state index contributed by atoms with van der Waals surface area (Å²) in [5.74, 6) is -2.77. The molecule has 148 valence electrons. The van der Waals surface area contributed by atoms with Gasteiger partial charge < -0.3 is 20.6 Å². The molecule has 0 aliphatic carbocycles. The SMILES string of the molecule is CO/N=C(\C(=O)N[C@H]1C(=O)N(S(=O)(=O)O)[C@@H]1COC(C)=O)c1csc(N)n1. The summed E-state index contributed by atoms with van der Waals surface area (Å²) in [7, 11) is -3.72. The number of rotatable bonds is 7. The van der Waals surface area contributed by atoms with Crippen LogP contribution in [-0.4, -0.2) is 71.6 Å². The second kappa shape index (κ2) is 7.85. The minimum atomic E-state index is -4.90. The van der Waals surface area contributed by atoms with Crippen LogP contribution in [0.4, 0.5) is 5.13 Å². The van der Waals surface area contributed by atoms with Gasteiger partial charge in [0.15, 0.2) is 10.8 Å². The molecule has 0 saturated carbocycles. The predicted octanol–water partition coefficient (Wildman–Crippen LogP) is -1.86. The molecular weight excluding hydrogens is 406 g/mol. The predicted molar refractivity (Wildman–Crippen MR) is 90.8 cm³/mol. The second-order valence-corrected chi connectivity index (χ2v) is 7.31. The van der Waals surface area contributed by atoms with Gasteiger partial charge in [0.05, 0.1) is 0 Å². The second-order valence-electron chi connectivity index (χ2n) is 5.13. The number of thiazole rings is 1. The average Bonchev–Trinajstić information content (AvgIpc) is 2.98. The lowest BCUT2D eigenvalue weighted by Crippen LogP contribution is -2.73. The number of nitrogens with two attached hydrogens (primary N) is 1. The fourth-order valence-electron chi connectivity index (χ4n) is 2.23. The summed E-state index contributed by atoms with van der Waals surface area (Å²) >= 11 is 1.04. The van der Waals surface area contributed by atoms with Gasteiger partial charge >= 0.3 is 16.3 Å². The summed E-state index contributed by atoms with van der Waals surface area (Å²) in [6, 6.07) is -2.72. The van der Waals surface area contributed by atoms with Crippen LogP contribution in [0.3, 0.4) is 0 Å². The number of β-lactam (4-membered cyclic amide) rings is 1. The van der Waals surface area contributed by atoms with Crippen molar-refractivity contribution in [2.45, 2.75) is 19.0 Å². The number of carbonyl (C=O) groups excluding carboxylic acids is 3. The van der Waals surface area contributed by atoms with Crippen molar-refractivity contribution < 1.29 is 36.9 Å². The summed E-state index contributed by atoms with van der Waals surface area (Å²) in [5.41, 5.74) is 5.27. The van der Waals surface area contributed by atoms with E-state index in [9.17, 15) is 22.8 Å². The summed E-state index contributed by atoms with van der Waals surface area (Å²) < 4.78 is 36.5. The van der Waals surface area contributed by atoms with Crippen LogP contribution in [0, 0.1) is 0 Å². The van der Waals surface area contributed by atoms with Crippen LogP contribution in [0.2, 0.25) is 0 Å². The van der Waals surface area contributed by atoms with E-state index < -0.39 is 46.8 Å². The molecule has 1 fully saturated rings. The van der Waals surface area contributed by atoms with E-state index in [4.69, 9.17) is 10.3 Å². The van der Waals surface area contributed by atoms with Crippen molar-refractivity contribution in [3.63, 3.8) is 0 Å². The number of amides is 2. The number of nitrogen functional groups attached to an aromatic ring is 1. The van der Waals surface area contributed by atoms with Gasteiger partial charge in [-0.25, -0.2) is 9.29 Å². The normalized spacial score (nSPS) is 20.0. The Morgan fingerprint density at radius 1 is 1.52 bits per heavy atom. The molecule has 2 atom stereocenters. The van der Waals surface area contributed by atoms with Crippen molar-refractivity contribution in [3.05, 3.63) is 11.1 Å². The third-order valence-corrected chi connectivity index (χ3v) is 4.95. The number of nitrogens with one attached hydrogen (secondary N) is 1. The van der Waals surface area contributed by atoms with E-state index in [1.54, 1.807) is 0 Å². The van der Waals surface area contributed by atoms with Crippen molar-refractivity contribution >= 4 is 50.3 Å². The number of carbonyl (C=O) groups is 3. The molecule has 0 aromatic carbocycles. The average molecular weight is 421 g/mol. The Morgan fingerprint density at radius 2 is 2.19 bits per heavy atom. The first kappa shape index (κ1) is 20.5. The van der Waals surface area contributed by atoms with Crippen LogP contribution >= 0.6 is 11.3 Å². The molecule has 0 spiro atoms. The maximum atomic E-state index is 12.4. The number of nitrogens with zero attached hydrogens (tertiary/aromatic N) is 3. The topological polar surface area (TPSA) is 191 Å². The molecule has 0 unspecified atom stereocenters. The third-order valence-electron chi connectivity index (χ3n) is 3.32. The van der Waals surface area contributed by atoms with Gasteiger partial charge in [-0.3, -0.25) is 18.9 Å². The highest BCUT2D eigenvalue weighted by Gasteiger charge is 2.54. The summed E-state index contributed by atoms with van der Waals surface area (Å²) in [4.78, 5) is 43.9. The molecule has 2 amide bonds. The van der Waals surface area contributed by atoms with E-state index in [2.05, 4.69) is 25.0 Å². The number of anilines is 1. The molecule has 13 nitrogen and oxygen atoms in total. The van der Waals surface area contributed by atoms with Crippen LogP contribution < -0.4 is 11.1 Å². The number of ether oxygens (including phenoxy) is 1. The molecule has 0 radical (unpaired) electrons. The standard InChI is InChI=1S/C12H15N5O8S2/c1-5(18)25-3-7-9(11(20)17(7)27(21,22)23)15-10(19)8(16-24-2)6-4-26-12(13)14-6/h4,7,9H,3H2,1-2H3,(H2,13,14)(H,15,19)(H,21,22,23)/b16-8-/t7-,9-/m1/s1. The van der Waals surface area contributed by atoms with Crippen molar-refractivity contribution in [2.24, 2.45) is 5.16 Å². The zero-order valence-electron chi connectivity index (χ0n) is 14.0. The molecule has 27 heavy (non-hydrogen) atoms. The Labute approximate surface area is 157 Å². The maximum Gasteiger partial charge on any atom is 0.362 e. The van der Waals surface area contributed by atoms with Gasteiger partial charge in [-0.2, -0.15) is 8.42 Å². The zero-order valence-corrected chi connectivity index (χ0v) is 15.6. The van der Waals surface area contributed by atoms with Crippen LogP contribution in [0.15, 0.2) is 10.5 Å². The lowest BCUT2D eigenvalue weighted by atomic mass is 9.99. The zero-order chi connectivity index (χ0) is 20.4. The van der Waals surface area contributed by atoms with Crippen LogP contribution in [0.1, 0.15) is 12.6 Å². The molecule has 1 aliphatic rings. The Morgan fingerprint density at radius 3 is 2.67 bits per heavy atom. The van der Waals surface area contributed by atoms with Crippen LogP contribution in [-0.2, 0) is 34.3 Å². The Kier molecular flexibility index (Phi) is 5.97. The van der Waals surface area contributed by atoms with E-state index in [1.807, 2.05) is 0 Å². The number of oxime groups is 1. The van der Waals surface area contributed by atoms with E-state index in [-0.39, 0.29) is 20.8 Å². The highest BCUT2D eigenvalue weighted by atomic mass is 32.2. The highest BCUT2D eigenvalue weighted by Crippen LogP contribution is 2.24. The van der Waals surface area contributed by atoms with E-state index >= 15 is 0 Å². The molecule has 1 saturated heterocycles. The molecule has 15 heteroatoms. The van der Waals surface area contributed by atoms with Gasteiger partial charge in [0.1, 0.15) is 31.5 Å². The molecule has 1 aromatic rings. The first-order valence-corrected chi connectivity index (χ1v) is 9.41. The van der Waals surface area contributed by atoms with Crippen molar-refractivity contribution in [1.82, 2.24) is 14.6 Å². The number of hydrogen-bond donors (Lipinski definition) is 3. The number of esters is 1. The fourth-order valence-corrected chi connectivity index (χ4v) is 3.64. The van der Waals surface area contributed by atoms with Crippen LogP contribution in [0.25, 0.3) is 0 Å². The lowest BCUT2D eigenvalue weighted by molar-refractivity contribution is -0.154. The van der Waals surface area contributed by atoms with Gasteiger partial charge in [0, 0.05) is 12.3 Å². The molecule has 1 aliphatic heterocycles. The first-order valence-electron chi connectivity index (χ1n) is 7.13. The van der Waals surface area contributed by atoms with Gasteiger partial charge in [0.2, 0.25) is 0 Å². The summed E-state index contributed by atoms with van der Waals surface area (Å²) in [6.45, 7) is 0.508. The van der Waals surface area contributed by atoms with Gasteiger partial charge in [-0.15, -0.1) is 11.3 Å². The maximum absolute atomic E-state index is 12.4. The number of hydrogen-bond acceptors (Lipinski definition) is 11. The quantitative estimate of drug-likeness (QED) is 0.148. The summed E-state index contributed by atoms with van der Waals surface area (Å²) in [6.07, 6.45) is 0. The van der Waals surface area contributed by atoms with E-state index in [0.717, 1.165) is 18.3 Å². The Bertz CT molecular complexity index is 895. The molecule has 2 heterocycles. The van der Waals surface area contributed by atoms with Gasteiger partial charge in [-0.05, 0) is 0 Å². The van der Waals surface area contributed by atoms with Crippen molar-refractivity contribution in [3.8, 4) is 0 Å². The van der Waals surface area contributed by atoms with Crippen molar-refractivity contribution in [1.29, 1.82) is 0 Å². The van der Waals surface area contributed by atoms with Gasteiger partial charge in [-0.1, -0.05) is 5.16 Å². The minimum Gasteiger partial charge on any atom is -0.464 e. The Hall–Kier alpha value is -2.78. The van der Waals surface area contributed by atoms with Gasteiger partial charge in [0.25, 0.3) is 11.8 Å². The smallest absolute Gasteiger partial charge is 0.362 e. The molecule has 2 rings (SSSR count). The number of aromatic nitrogens is 1. The highest BCUT2D eigenvalue weighted by molar-refractivity contribution is 7.84. The van der Waals surface area contributed by atoms with Crippen molar-refractivity contribution in [2.75, 3.05) is 19.5 Å².